The molecular formula is C19H35N5S. The van der Waals surface area contributed by atoms with Crippen LogP contribution in [0.15, 0.2) is 10.4 Å². The number of aromatic nitrogens is 1. The summed E-state index contributed by atoms with van der Waals surface area (Å²) in [6.45, 7) is 15.1. The molecule has 25 heavy (non-hydrogen) atoms. The lowest BCUT2D eigenvalue weighted by Crippen LogP contribution is -2.41. The summed E-state index contributed by atoms with van der Waals surface area (Å²) in [6, 6.07) is 0. The van der Waals surface area contributed by atoms with Gasteiger partial charge in [-0.15, -0.1) is 11.3 Å². The van der Waals surface area contributed by atoms with Crippen molar-refractivity contribution in [2.24, 2.45) is 16.8 Å². The Morgan fingerprint density at radius 3 is 2.96 bits per heavy atom. The second kappa shape index (κ2) is 10.1. The Balaban J connectivity index is 1.91. The number of likely N-dealkylation sites (tertiary alicyclic amines) is 1. The molecule has 0 saturated carbocycles. The van der Waals surface area contributed by atoms with Gasteiger partial charge in [0.05, 0.1) is 17.2 Å². The van der Waals surface area contributed by atoms with E-state index in [1.807, 2.05) is 0 Å². The largest absolute Gasteiger partial charge is 0.357 e. The van der Waals surface area contributed by atoms with Crippen LogP contribution < -0.4 is 5.32 Å². The van der Waals surface area contributed by atoms with Crippen molar-refractivity contribution in [1.29, 1.82) is 0 Å². The Hall–Kier alpha value is -1.14. The maximum Gasteiger partial charge on any atom is 0.194 e. The molecule has 2 rings (SSSR count). The molecule has 1 aliphatic rings. The Morgan fingerprint density at radius 2 is 2.32 bits per heavy atom. The highest BCUT2D eigenvalue weighted by Gasteiger charge is 2.20. The predicted octanol–water partition coefficient (Wildman–Crippen LogP) is 3.22. The summed E-state index contributed by atoms with van der Waals surface area (Å²) in [6.07, 6.45) is 2.60. The number of aryl methyl sites for hydroxylation is 1. The molecule has 5 nitrogen and oxygen atoms in total. The third-order valence-electron chi connectivity index (χ3n) is 4.49. The van der Waals surface area contributed by atoms with Crippen LogP contribution in [0.25, 0.3) is 0 Å². The number of nitrogens with zero attached hydrogens (tertiary/aromatic N) is 4. The second-order valence-electron chi connectivity index (χ2n) is 7.57. The lowest BCUT2D eigenvalue weighted by atomic mass is 9.97. The average Bonchev–Trinajstić information content (AvgIpc) is 2.96. The van der Waals surface area contributed by atoms with Gasteiger partial charge in [0.25, 0.3) is 0 Å². The van der Waals surface area contributed by atoms with Crippen LogP contribution in [-0.4, -0.2) is 60.5 Å². The van der Waals surface area contributed by atoms with E-state index in [0.717, 1.165) is 42.2 Å². The van der Waals surface area contributed by atoms with Crippen molar-refractivity contribution in [3.63, 3.8) is 0 Å². The highest BCUT2D eigenvalue weighted by atomic mass is 32.1. The number of thiazole rings is 1. The quantitative estimate of drug-likeness (QED) is 0.595. The predicted molar refractivity (Wildman–Crippen MR) is 108 cm³/mol. The lowest BCUT2D eigenvalue weighted by molar-refractivity contribution is 0.162. The highest BCUT2D eigenvalue weighted by Crippen LogP contribution is 2.18. The van der Waals surface area contributed by atoms with E-state index in [1.54, 1.807) is 11.3 Å². The first kappa shape index (κ1) is 20.2. The number of piperidine rings is 1. The van der Waals surface area contributed by atoms with E-state index in [1.165, 1.54) is 32.5 Å². The fourth-order valence-corrected chi connectivity index (χ4v) is 4.07. The first-order valence-corrected chi connectivity index (χ1v) is 10.5. The molecule has 0 spiro atoms. The van der Waals surface area contributed by atoms with Crippen molar-refractivity contribution in [3.8, 4) is 0 Å². The Bertz CT molecular complexity index is 540. The number of hydrogen-bond donors (Lipinski definition) is 1. The molecule has 1 aliphatic heterocycles. The van der Waals surface area contributed by atoms with E-state index in [9.17, 15) is 0 Å². The lowest BCUT2D eigenvalue weighted by Gasteiger charge is -2.33. The average molecular weight is 366 g/mol. The van der Waals surface area contributed by atoms with Gasteiger partial charge in [-0.25, -0.2) is 4.98 Å². The van der Waals surface area contributed by atoms with E-state index in [4.69, 9.17) is 4.99 Å². The van der Waals surface area contributed by atoms with Crippen LogP contribution >= 0.6 is 11.3 Å². The van der Waals surface area contributed by atoms with Gasteiger partial charge < -0.3 is 15.1 Å². The van der Waals surface area contributed by atoms with Crippen LogP contribution in [-0.2, 0) is 6.54 Å². The maximum absolute atomic E-state index is 4.93. The molecule has 0 radical (unpaired) electrons. The molecule has 0 amide bonds. The molecule has 6 heteroatoms. The van der Waals surface area contributed by atoms with Crippen molar-refractivity contribution in [1.82, 2.24) is 20.1 Å². The summed E-state index contributed by atoms with van der Waals surface area (Å²) in [5.41, 5.74) is 1.12. The zero-order valence-corrected chi connectivity index (χ0v) is 17.4. The van der Waals surface area contributed by atoms with Gasteiger partial charge in [0.1, 0.15) is 0 Å². The maximum atomic E-state index is 4.93. The van der Waals surface area contributed by atoms with Crippen LogP contribution in [0, 0.1) is 18.8 Å². The summed E-state index contributed by atoms with van der Waals surface area (Å²) >= 11 is 1.71. The normalized spacial score (nSPS) is 19.4. The molecule has 1 aromatic heterocycles. The molecule has 1 atom stereocenters. The second-order valence-corrected chi connectivity index (χ2v) is 8.63. The molecular weight excluding hydrogens is 330 g/mol. The van der Waals surface area contributed by atoms with Gasteiger partial charge >= 0.3 is 0 Å². The molecule has 1 aromatic rings. The monoisotopic (exact) mass is 365 g/mol. The molecule has 2 heterocycles. The van der Waals surface area contributed by atoms with Crippen molar-refractivity contribution in [3.05, 3.63) is 16.1 Å². The Morgan fingerprint density at radius 1 is 1.52 bits per heavy atom. The van der Waals surface area contributed by atoms with Crippen molar-refractivity contribution >= 4 is 17.3 Å². The molecule has 1 N–H and O–H groups in total. The number of rotatable bonds is 7. The van der Waals surface area contributed by atoms with E-state index in [-0.39, 0.29) is 0 Å². The smallest absolute Gasteiger partial charge is 0.194 e. The first-order chi connectivity index (χ1) is 12.0. The van der Waals surface area contributed by atoms with E-state index in [0.29, 0.717) is 5.92 Å². The van der Waals surface area contributed by atoms with Crippen molar-refractivity contribution in [2.75, 3.05) is 39.8 Å². The summed E-state index contributed by atoms with van der Waals surface area (Å²) in [5, 5.41) is 6.69. The van der Waals surface area contributed by atoms with Gasteiger partial charge in [-0.05, 0) is 45.1 Å². The third kappa shape index (κ3) is 6.94. The Kier molecular flexibility index (Phi) is 8.16. The summed E-state index contributed by atoms with van der Waals surface area (Å²) in [5.74, 6) is 2.41. The minimum atomic E-state index is 0.677. The number of guanidine groups is 1. The number of hydrogen-bond acceptors (Lipinski definition) is 4. The molecule has 0 bridgehead atoms. The fourth-order valence-electron chi connectivity index (χ4n) is 3.47. The molecule has 142 valence electrons. The van der Waals surface area contributed by atoms with Gasteiger partial charge in [-0.3, -0.25) is 4.99 Å². The van der Waals surface area contributed by atoms with Gasteiger partial charge in [0.15, 0.2) is 5.96 Å². The fraction of sp³-hybridized carbons (Fsp3) is 0.789. The zero-order valence-electron chi connectivity index (χ0n) is 16.6. The topological polar surface area (TPSA) is 43.8 Å². The summed E-state index contributed by atoms with van der Waals surface area (Å²) in [4.78, 5) is 14.3. The van der Waals surface area contributed by atoms with E-state index in [2.05, 4.69) is 60.2 Å². The van der Waals surface area contributed by atoms with Gasteiger partial charge in [-0.1, -0.05) is 13.8 Å². The van der Waals surface area contributed by atoms with Crippen LogP contribution in [0.2, 0.25) is 0 Å². The number of nitrogens with one attached hydrogen (secondary N) is 1. The molecule has 0 aromatic carbocycles. The zero-order chi connectivity index (χ0) is 18.2. The van der Waals surface area contributed by atoms with Crippen molar-refractivity contribution < 1.29 is 0 Å². The van der Waals surface area contributed by atoms with E-state index >= 15 is 0 Å². The van der Waals surface area contributed by atoms with Crippen LogP contribution in [0.5, 0.6) is 0 Å². The number of aliphatic imine (C=N–C) groups is 1. The standard InChI is InChI=1S/C19H35N5S/c1-6-20-19(23(5)13-18-14-25-16(4)22-18)21-10-17-8-7-9-24(12-17)11-15(2)3/h14-15,17H,6-13H2,1-5H3,(H,20,21). The third-order valence-corrected chi connectivity index (χ3v) is 5.31. The highest BCUT2D eigenvalue weighted by molar-refractivity contribution is 7.09. The Labute approximate surface area is 157 Å². The molecule has 0 aliphatic carbocycles. The molecule has 1 fully saturated rings. The molecule has 1 saturated heterocycles. The van der Waals surface area contributed by atoms with Gasteiger partial charge in [0, 0.05) is 38.6 Å². The summed E-state index contributed by atoms with van der Waals surface area (Å²) in [7, 11) is 2.10. The van der Waals surface area contributed by atoms with Crippen LogP contribution in [0.3, 0.4) is 0 Å². The molecule has 1 unspecified atom stereocenters. The van der Waals surface area contributed by atoms with Crippen LogP contribution in [0.4, 0.5) is 0 Å². The summed E-state index contributed by atoms with van der Waals surface area (Å²) < 4.78 is 0. The minimum absolute atomic E-state index is 0.677. The first-order valence-electron chi connectivity index (χ1n) is 9.60. The van der Waals surface area contributed by atoms with Gasteiger partial charge in [0.2, 0.25) is 0 Å². The van der Waals surface area contributed by atoms with E-state index < -0.39 is 0 Å². The van der Waals surface area contributed by atoms with Gasteiger partial charge in [-0.2, -0.15) is 0 Å². The van der Waals surface area contributed by atoms with Crippen molar-refractivity contribution in [2.45, 2.75) is 47.1 Å². The SMILES string of the molecule is CCNC(=NCC1CCCN(CC(C)C)C1)N(C)Cc1csc(C)n1. The minimum Gasteiger partial charge on any atom is -0.357 e. The van der Waals surface area contributed by atoms with Crippen LogP contribution in [0.1, 0.15) is 44.3 Å².